The van der Waals surface area contributed by atoms with E-state index in [1.54, 1.807) is 25.3 Å². The number of amides is 1. The molecule has 0 aliphatic rings. The van der Waals surface area contributed by atoms with Gasteiger partial charge in [0, 0.05) is 48.1 Å². The van der Waals surface area contributed by atoms with Gasteiger partial charge in [-0.15, -0.1) is 0 Å². The molecule has 0 spiro atoms. The number of nitrogens with one attached hydrogen (secondary N) is 1. The fourth-order valence-electron chi connectivity index (χ4n) is 1.71. The van der Waals surface area contributed by atoms with E-state index in [1.165, 1.54) is 0 Å². The predicted octanol–water partition coefficient (Wildman–Crippen LogP) is 2.43. The molecule has 7 heteroatoms. The Morgan fingerprint density at radius 1 is 1.38 bits per heavy atom. The van der Waals surface area contributed by atoms with Crippen molar-refractivity contribution in [1.82, 2.24) is 0 Å². The van der Waals surface area contributed by atoms with Gasteiger partial charge in [0.15, 0.2) is 0 Å². The summed E-state index contributed by atoms with van der Waals surface area (Å²) in [5.74, 6) is 1.02. The summed E-state index contributed by atoms with van der Waals surface area (Å²) in [5.41, 5.74) is 6.70. The number of carbonyl (C=O) groups is 1. The summed E-state index contributed by atoms with van der Waals surface area (Å²) in [6, 6.07) is 4.94. The summed E-state index contributed by atoms with van der Waals surface area (Å²) in [6.45, 7) is 0.615. The lowest BCUT2D eigenvalue weighted by atomic mass is 10.2. The van der Waals surface area contributed by atoms with E-state index in [4.69, 9.17) is 22.1 Å². The molecule has 21 heavy (non-hydrogen) atoms. The summed E-state index contributed by atoms with van der Waals surface area (Å²) in [5, 5.41) is 3.20. The van der Waals surface area contributed by atoms with Gasteiger partial charge in [0.05, 0.1) is 10.7 Å². The average Bonchev–Trinajstić information content (AvgIpc) is 2.43. The van der Waals surface area contributed by atoms with E-state index in [9.17, 15) is 9.00 Å². The maximum atomic E-state index is 11.7. The topological polar surface area (TPSA) is 81.4 Å². The minimum Gasteiger partial charge on any atom is -0.397 e. The van der Waals surface area contributed by atoms with E-state index in [0.29, 0.717) is 47.4 Å². The van der Waals surface area contributed by atoms with E-state index >= 15 is 0 Å². The molecule has 0 aliphatic heterocycles. The van der Waals surface area contributed by atoms with Gasteiger partial charge in [0.1, 0.15) is 0 Å². The molecule has 1 aromatic carbocycles. The molecule has 0 aliphatic carbocycles. The van der Waals surface area contributed by atoms with Crippen LogP contribution >= 0.6 is 11.6 Å². The van der Waals surface area contributed by atoms with Crippen molar-refractivity contribution >= 4 is 39.7 Å². The Kier molecular flexibility index (Phi) is 8.34. The zero-order chi connectivity index (χ0) is 15.7. The van der Waals surface area contributed by atoms with Crippen molar-refractivity contribution in [2.45, 2.75) is 19.3 Å². The normalized spacial score (nSPS) is 12.1. The van der Waals surface area contributed by atoms with Gasteiger partial charge >= 0.3 is 0 Å². The molecular weight excluding hydrogens is 312 g/mol. The molecular formula is C14H21ClN2O3S. The van der Waals surface area contributed by atoms with Gasteiger partial charge in [0.25, 0.3) is 0 Å². The van der Waals surface area contributed by atoms with E-state index in [0.717, 1.165) is 6.42 Å². The highest BCUT2D eigenvalue weighted by Crippen LogP contribution is 2.22. The number of hydrogen-bond acceptors (Lipinski definition) is 4. The molecule has 0 bridgehead atoms. The number of nitrogen functional groups attached to an aromatic ring is 1. The Bertz CT molecular complexity index is 497. The van der Waals surface area contributed by atoms with Crippen LogP contribution in [0, 0.1) is 0 Å². The van der Waals surface area contributed by atoms with Crippen LogP contribution in [0.3, 0.4) is 0 Å². The second kappa shape index (κ2) is 9.76. The second-order valence-corrected chi connectivity index (χ2v) is 6.69. The lowest BCUT2D eigenvalue weighted by Gasteiger charge is -2.07. The third kappa shape index (κ3) is 7.45. The molecule has 0 aromatic heterocycles. The van der Waals surface area contributed by atoms with Crippen LogP contribution in [0.2, 0.25) is 5.02 Å². The standard InChI is InChI=1S/C14H21ClN2O3S/c1-20-7-3-9-21(19)8-2-4-14(18)17-11-5-6-12(15)13(16)10-11/h5-6,10H,2-4,7-9,16H2,1H3,(H,17,18). The molecule has 3 N–H and O–H groups in total. The fraction of sp³-hybridized carbons (Fsp3) is 0.500. The number of anilines is 2. The quantitative estimate of drug-likeness (QED) is 0.537. The number of rotatable bonds is 9. The molecule has 1 atom stereocenters. The summed E-state index contributed by atoms with van der Waals surface area (Å²) >= 11 is 5.81. The number of nitrogens with two attached hydrogens (primary N) is 1. The Hall–Kier alpha value is -1.11. The Morgan fingerprint density at radius 2 is 2.10 bits per heavy atom. The van der Waals surface area contributed by atoms with Gasteiger partial charge in [-0.05, 0) is 31.0 Å². The van der Waals surface area contributed by atoms with Gasteiger partial charge in [0.2, 0.25) is 5.91 Å². The predicted molar refractivity (Wildman–Crippen MR) is 88.1 cm³/mol. The van der Waals surface area contributed by atoms with Gasteiger partial charge in [-0.2, -0.15) is 0 Å². The van der Waals surface area contributed by atoms with E-state index in [2.05, 4.69) is 5.32 Å². The van der Waals surface area contributed by atoms with Crippen molar-refractivity contribution in [3.05, 3.63) is 23.2 Å². The summed E-state index contributed by atoms with van der Waals surface area (Å²) in [6.07, 6.45) is 1.70. The molecule has 1 unspecified atom stereocenters. The van der Waals surface area contributed by atoms with E-state index in [1.807, 2.05) is 0 Å². The molecule has 0 saturated carbocycles. The van der Waals surface area contributed by atoms with Crippen LogP contribution in [0.4, 0.5) is 11.4 Å². The zero-order valence-electron chi connectivity index (χ0n) is 12.1. The molecule has 0 radical (unpaired) electrons. The summed E-state index contributed by atoms with van der Waals surface area (Å²) in [4.78, 5) is 11.7. The van der Waals surface area contributed by atoms with Gasteiger partial charge in [-0.25, -0.2) is 0 Å². The van der Waals surface area contributed by atoms with Crippen molar-refractivity contribution < 1.29 is 13.7 Å². The number of benzene rings is 1. The Balaban J connectivity index is 2.24. The molecule has 1 aromatic rings. The van der Waals surface area contributed by atoms with Crippen LogP contribution in [0.1, 0.15) is 19.3 Å². The average molecular weight is 333 g/mol. The smallest absolute Gasteiger partial charge is 0.224 e. The van der Waals surface area contributed by atoms with E-state index < -0.39 is 10.8 Å². The number of hydrogen-bond donors (Lipinski definition) is 2. The number of ether oxygens (including phenoxy) is 1. The fourth-order valence-corrected chi connectivity index (χ4v) is 2.93. The Morgan fingerprint density at radius 3 is 2.76 bits per heavy atom. The monoisotopic (exact) mass is 332 g/mol. The van der Waals surface area contributed by atoms with Gasteiger partial charge < -0.3 is 15.8 Å². The number of halogens is 1. The minimum absolute atomic E-state index is 0.120. The van der Waals surface area contributed by atoms with Crippen molar-refractivity contribution in [2.75, 3.05) is 36.3 Å². The summed E-state index contributed by atoms with van der Waals surface area (Å²) < 4.78 is 16.5. The molecule has 1 rings (SSSR count). The van der Waals surface area contributed by atoms with Crippen molar-refractivity contribution in [2.24, 2.45) is 0 Å². The minimum atomic E-state index is -0.889. The Labute approximate surface area is 132 Å². The third-order valence-corrected chi connectivity index (χ3v) is 4.61. The first-order chi connectivity index (χ1) is 10.0. The first-order valence-electron chi connectivity index (χ1n) is 6.71. The third-order valence-electron chi connectivity index (χ3n) is 2.78. The molecule has 5 nitrogen and oxygen atoms in total. The molecule has 0 heterocycles. The highest BCUT2D eigenvalue weighted by atomic mass is 35.5. The number of carbonyl (C=O) groups excluding carboxylic acids is 1. The van der Waals surface area contributed by atoms with Gasteiger partial charge in [-0.3, -0.25) is 9.00 Å². The summed E-state index contributed by atoms with van der Waals surface area (Å²) in [7, 11) is 0.733. The van der Waals surface area contributed by atoms with Crippen molar-refractivity contribution in [3.63, 3.8) is 0 Å². The lowest BCUT2D eigenvalue weighted by Crippen LogP contribution is -2.13. The van der Waals surface area contributed by atoms with Crippen LogP contribution in [-0.2, 0) is 20.3 Å². The molecule has 0 saturated heterocycles. The molecule has 0 fully saturated rings. The van der Waals surface area contributed by atoms with Crippen LogP contribution in [0.25, 0.3) is 0 Å². The maximum absolute atomic E-state index is 11.7. The van der Waals surface area contributed by atoms with Gasteiger partial charge in [-0.1, -0.05) is 11.6 Å². The van der Waals surface area contributed by atoms with Crippen LogP contribution < -0.4 is 11.1 Å². The van der Waals surface area contributed by atoms with Crippen LogP contribution in [0.15, 0.2) is 18.2 Å². The highest BCUT2D eigenvalue weighted by Gasteiger charge is 2.06. The SMILES string of the molecule is COCCCS(=O)CCCC(=O)Nc1ccc(Cl)c(N)c1. The maximum Gasteiger partial charge on any atom is 0.224 e. The number of methoxy groups -OCH3 is 1. The second-order valence-electron chi connectivity index (χ2n) is 4.58. The van der Waals surface area contributed by atoms with Crippen molar-refractivity contribution in [3.8, 4) is 0 Å². The van der Waals surface area contributed by atoms with Crippen molar-refractivity contribution in [1.29, 1.82) is 0 Å². The molecule has 118 valence electrons. The first-order valence-corrected chi connectivity index (χ1v) is 8.58. The zero-order valence-corrected chi connectivity index (χ0v) is 13.6. The van der Waals surface area contributed by atoms with E-state index in [-0.39, 0.29) is 5.91 Å². The highest BCUT2D eigenvalue weighted by molar-refractivity contribution is 7.84. The molecule has 1 amide bonds. The van der Waals surface area contributed by atoms with Crippen LogP contribution in [0.5, 0.6) is 0 Å². The largest absolute Gasteiger partial charge is 0.397 e. The van der Waals surface area contributed by atoms with Crippen LogP contribution in [-0.4, -0.2) is 35.3 Å². The first kappa shape index (κ1) is 17.9. The lowest BCUT2D eigenvalue weighted by molar-refractivity contribution is -0.116.